The third kappa shape index (κ3) is 3.63. The molecule has 0 saturated heterocycles. The molecule has 0 radical (unpaired) electrons. The number of aromatic nitrogens is 3. The zero-order chi connectivity index (χ0) is 11.1. The summed E-state index contributed by atoms with van der Waals surface area (Å²) >= 11 is 5.14. The third-order valence-corrected chi connectivity index (χ3v) is 2.71. The number of H-pyrrole nitrogens is 1. The van der Waals surface area contributed by atoms with Crippen molar-refractivity contribution in [2.75, 3.05) is 0 Å². The predicted molar refractivity (Wildman–Crippen MR) is 65.5 cm³/mol. The SMILES string of the molecule is C=CCn1c(CCCCCC)n[nH]c1=S. The Labute approximate surface area is 96.2 Å². The molecule has 1 N–H and O–H groups in total. The van der Waals surface area contributed by atoms with Crippen LogP contribution in [-0.4, -0.2) is 14.8 Å². The second-order valence-corrected chi connectivity index (χ2v) is 4.04. The van der Waals surface area contributed by atoms with Gasteiger partial charge in [0.05, 0.1) is 0 Å². The molecule has 0 aliphatic carbocycles. The largest absolute Gasteiger partial charge is 0.300 e. The Morgan fingerprint density at radius 2 is 2.27 bits per heavy atom. The third-order valence-electron chi connectivity index (χ3n) is 2.40. The fraction of sp³-hybridized carbons (Fsp3) is 0.636. The number of nitrogens with one attached hydrogen (secondary N) is 1. The lowest BCUT2D eigenvalue weighted by molar-refractivity contribution is 0.628. The fourth-order valence-corrected chi connectivity index (χ4v) is 1.79. The van der Waals surface area contributed by atoms with Crippen molar-refractivity contribution >= 4 is 12.2 Å². The minimum absolute atomic E-state index is 0.695. The van der Waals surface area contributed by atoms with Gasteiger partial charge in [0, 0.05) is 13.0 Å². The van der Waals surface area contributed by atoms with Crippen molar-refractivity contribution in [2.24, 2.45) is 0 Å². The van der Waals surface area contributed by atoms with Crippen molar-refractivity contribution in [3.05, 3.63) is 23.3 Å². The van der Waals surface area contributed by atoms with Crippen LogP contribution in [0.2, 0.25) is 0 Å². The van der Waals surface area contributed by atoms with E-state index in [4.69, 9.17) is 12.2 Å². The van der Waals surface area contributed by atoms with Crippen LogP contribution in [0.15, 0.2) is 12.7 Å². The van der Waals surface area contributed by atoms with Gasteiger partial charge in [0.25, 0.3) is 0 Å². The second kappa shape index (κ2) is 6.56. The van der Waals surface area contributed by atoms with Crippen LogP contribution in [-0.2, 0) is 13.0 Å². The summed E-state index contributed by atoms with van der Waals surface area (Å²) in [5.74, 6) is 1.05. The molecule has 0 bridgehead atoms. The quantitative estimate of drug-likeness (QED) is 0.439. The monoisotopic (exact) mass is 225 g/mol. The van der Waals surface area contributed by atoms with Crippen LogP contribution < -0.4 is 0 Å². The molecule has 1 rings (SSSR count). The highest BCUT2D eigenvalue weighted by atomic mass is 32.1. The van der Waals surface area contributed by atoms with Crippen molar-refractivity contribution in [3.63, 3.8) is 0 Å². The summed E-state index contributed by atoms with van der Waals surface area (Å²) in [5, 5.41) is 7.06. The summed E-state index contributed by atoms with van der Waals surface area (Å²) in [6.07, 6.45) is 7.86. The molecule has 3 nitrogen and oxygen atoms in total. The zero-order valence-electron chi connectivity index (χ0n) is 9.33. The van der Waals surface area contributed by atoms with E-state index >= 15 is 0 Å². The highest BCUT2D eigenvalue weighted by Crippen LogP contribution is 2.06. The van der Waals surface area contributed by atoms with E-state index in [1.807, 2.05) is 10.6 Å². The molecule has 1 aromatic heterocycles. The average molecular weight is 225 g/mol. The van der Waals surface area contributed by atoms with Crippen molar-refractivity contribution in [3.8, 4) is 0 Å². The van der Waals surface area contributed by atoms with Crippen molar-refractivity contribution in [1.82, 2.24) is 14.8 Å². The van der Waals surface area contributed by atoms with Crippen molar-refractivity contribution < 1.29 is 0 Å². The number of rotatable bonds is 7. The van der Waals surface area contributed by atoms with Crippen LogP contribution in [0.5, 0.6) is 0 Å². The molecule has 4 heteroatoms. The highest BCUT2D eigenvalue weighted by Gasteiger charge is 2.03. The van der Waals surface area contributed by atoms with Gasteiger partial charge >= 0.3 is 0 Å². The molecular weight excluding hydrogens is 206 g/mol. The maximum absolute atomic E-state index is 5.14. The molecule has 0 aliphatic rings. The van der Waals surface area contributed by atoms with Gasteiger partial charge in [0.15, 0.2) is 4.77 Å². The van der Waals surface area contributed by atoms with E-state index in [2.05, 4.69) is 23.7 Å². The lowest BCUT2D eigenvalue weighted by Crippen LogP contribution is -2.02. The average Bonchev–Trinajstić information content (AvgIpc) is 2.57. The van der Waals surface area contributed by atoms with E-state index in [1.165, 1.54) is 25.7 Å². The van der Waals surface area contributed by atoms with Gasteiger partial charge in [-0.25, -0.2) is 0 Å². The number of hydrogen-bond donors (Lipinski definition) is 1. The first-order valence-electron chi connectivity index (χ1n) is 5.54. The van der Waals surface area contributed by atoms with Gasteiger partial charge in [-0.15, -0.1) is 6.58 Å². The lowest BCUT2D eigenvalue weighted by atomic mass is 10.1. The highest BCUT2D eigenvalue weighted by molar-refractivity contribution is 7.71. The van der Waals surface area contributed by atoms with Crippen LogP contribution in [0.1, 0.15) is 38.4 Å². The summed E-state index contributed by atoms with van der Waals surface area (Å²) in [5.41, 5.74) is 0. The Bertz CT molecular complexity index is 351. The van der Waals surface area contributed by atoms with E-state index in [0.29, 0.717) is 4.77 Å². The van der Waals surface area contributed by atoms with Crippen LogP contribution in [0, 0.1) is 4.77 Å². The molecule has 84 valence electrons. The Morgan fingerprint density at radius 3 is 2.93 bits per heavy atom. The standard InChI is InChI=1S/C11H19N3S/c1-3-5-6-7-8-10-12-13-11(15)14(10)9-4-2/h4H,2-3,5-9H2,1H3,(H,13,15). The fourth-order valence-electron chi connectivity index (χ4n) is 1.57. The van der Waals surface area contributed by atoms with Gasteiger partial charge in [0.2, 0.25) is 0 Å². The Hall–Kier alpha value is -0.900. The van der Waals surface area contributed by atoms with Gasteiger partial charge in [0.1, 0.15) is 5.82 Å². The molecule has 0 spiro atoms. The van der Waals surface area contributed by atoms with E-state index in [0.717, 1.165) is 18.8 Å². The van der Waals surface area contributed by atoms with Crippen molar-refractivity contribution in [1.29, 1.82) is 0 Å². The Morgan fingerprint density at radius 1 is 1.47 bits per heavy atom. The molecule has 1 heterocycles. The molecule has 0 unspecified atom stereocenters. The maximum Gasteiger partial charge on any atom is 0.195 e. The second-order valence-electron chi connectivity index (χ2n) is 3.65. The zero-order valence-corrected chi connectivity index (χ0v) is 10.1. The summed E-state index contributed by atoms with van der Waals surface area (Å²) < 4.78 is 2.70. The Kier molecular flexibility index (Phi) is 5.32. The van der Waals surface area contributed by atoms with Crippen LogP contribution in [0.3, 0.4) is 0 Å². The minimum atomic E-state index is 0.695. The summed E-state index contributed by atoms with van der Waals surface area (Å²) in [4.78, 5) is 0. The lowest BCUT2D eigenvalue weighted by Gasteiger charge is -2.02. The summed E-state index contributed by atoms with van der Waals surface area (Å²) in [6.45, 7) is 6.68. The number of aryl methyl sites for hydroxylation is 1. The minimum Gasteiger partial charge on any atom is -0.300 e. The molecule has 15 heavy (non-hydrogen) atoms. The topological polar surface area (TPSA) is 33.6 Å². The molecule has 0 saturated carbocycles. The van der Waals surface area contributed by atoms with Gasteiger partial charge in [-0.05, 0) is 18.6 Å². The van der Waals surface area contributed by atoms with E-state index in [-0.39, 0.29) is 0 Å². The molecular formula is C11H19N3S. The van der Waals surface area contributed by atoms with Gasteiger partial charge < -0.3 is 4.57 Å². The predicted octanol–water partition coefficient (Wildman–Crippen LogP) is 3.25. The molecule has 0 atom stereocenters. The van der Waals surface area contributed by atoms with Gasteiger partial charge in [-0.2, -0.15) is 5.10 Å². The van der Waals surface area contributed by atoms with E-state index in [9.17, 15) is 0 Å². The van der Waals surface area contributed by atoms with Crippen LogP contribution >= 0.6 is 12.2 Å². The number of allylic oxidation sites excluding steroid dienone is 1. The van der Waals surface area contributed by atoms with Crippen LogP contribution in [0.4, 0.5) is 0 Å². The molecule has 0 amide bonds. The van der Waals surface area contributed by atoms with Gasteiger partial charge in [-0.3, -0.25) is 5.10 Å². The van der Waals surface area contributed by atoms with Gasteiger partial charge in [-0.1, -0.05) is 32.3 Å². The number of unbranched alkanes of at least 4 members (excludes halogenated alkanes) is 3. The first kappa shape index (κ1) is 12.2. The number of hydrogen-bond acceptors (Lipinski definition) is 2. The normalized spacial score (nSPS) is 10.5. The summed E-state index contributed by atoms with van der Waals surface area (Å²) in [6, 6.07) is 0. The van der Waals surface area contributed by atoms with E-state index in [1.54, 1.807) is 0 Å². The van der Waals surface area contributed by atoms with Crippen LogP contribution in [0.25, 0.3) is 0 Å². The first-order chi connectivity index (χ1) is 7.29. The number of aromatic amines is 1. The van der Waals surface area contributed by atoms with E-state index < -0.39 is 0 Å². The molecule has 0 fully saturated rings. The molecule has 0 aliphatic heterocycles. The number of nitrogens with zero attached hydrogens (tertiary/aromatic N) is 2. The summed E-state index contributed by atoms with van der Waals surface area (Å²) in [7, 11) is 0. The molecule has 1 aromatic rings. The first-order valence-corrected chi connectivity index (χ1v) is 5.95. The maximum atomic E-state index is 5.14. The smallest absolute Gasteiger partial charge is 0.195 e. The molecule has 0 aromatic carbocycles. The Balaban J connectivity index is 2.52. The van der Waals surface area contributed by atoms with Crippen molar-refractivity contribution in [2.45, 2.75) is 45.6 Å².